The van der Waals surface area contributed by atoms with Crippen LogP contribution in [0.1, 0.15) is 25.3 Å². The number of nitrogens with one attached hydrogen (secondary N) is 2. The Balaban J connectivity index is 1.93. The summed E-state index contributed by atoms with van der Waals surface area (Å²) in [5.41, 5.74) is 1.28. The van der Waals surface area contributed by atoms with Gasteiger partial charge in [-0.3, -0.25) is 0 Å². The molecule has 0 amide bonds. The molecule has 1 aromatic carbocycles. The zero-order valence-corrected chi connectivity index (χ0v) is 11.1. The first-order valence-electron chi connectivity index (χ1n) is 6.27. The molecule has 0 spiro atoms. The van der Waals surface area contributed by atoms with Gasteiger partial charge in [-0.05, 0) is 43.5 Å². The first-order valence-corrected chi connectivity index (χ1v) is 7.42. The number of aryl methyl sites for hydroxylation is 1. The summed E-state index contributed by atoms with van der Waals surface area (Å²) in [4.78, 5) is 0.868. The highest BCUT2D eigenvalue weighted by Crippen LogP contribution is 2.10. The minimum absolute atomic E-state index is 0.329. The van der Waals surface area contributed by atoms with Gasteiger partial charge < -0.3 is 5.32 Å². The second-order valence-corrected chi connectivity index (χ2v) is 5.67. The lowest BCUT2D eigenvalue weighted by molar-refractivity contribution is 0.436. The summed E-state index contributed by atoms with van der Waals surface area (Å²) in [6.07, 6.45) is 3.28. The van der Waals surface area contributed by atoms with Gasteiger partial charge in [0.05, 0.1) is 4.90 Å². The maximum atomic E-state index is 12.1. The van der Waals surface area contributed by atoms with E-state index < -0.39 is 11.0 Å². The van der Waals surface area contributed by atoms with E-state index in [0.29, 0.717) is 6.04 Å². The summed E-state index contributed by atoms with van der Waals surface area (Å²) < 4.78 is 15.3. The molecule has 4 heteroatoms. The Kier molecular flexibility index (Phi) is 4.71. The van der Waals surface area contributed by atoms with Gasteiger partial charge in [0, 0.05) is 12.6 Å². The van der Waals surface area contributed by atoms with Gasteiger partial charge in [-0.1, -0.05) is 19.1 Å². The van der Waals surface area contributed by atoms with Crippen molar-refractivity contribution in [1.29, 1.82) is 0 Å². The molecule has 0 saturated carbocycles. The lowest BCUT2D eigenvalue weighted by atomic mass is 10.1. The Bertz CT molecular complexity index is 372. The summed E-state index contributed by atoms with van der Waals surface area (Å²) in [5.74, 6) is 0. The molecule has 1 saturated heterocycles. The standard InChI is InChI=1S/C13H20N2OS/c1-2-11-5-7-13(8-6-11)17(16)15-12-4-3-9-14-10-12/h5-8,12,14-15H,2-4,9-10H2,1H3. The molecule has 1 fully saturated rings. The molecule has 0 aliphatic carbocycles. The van der Waals surface area contributed by atoms with Crippen LogP contribution in [0.2, 0.25) is 0 Å². The third kappa shape index (κ3) is 3.63. The highest BCUT2D eigenvalue weighted by Gasteiger charge is 2.15. The summed E-state index contributed by atoms with van der Waals surface area (Å²) in [6, 6.07) is 8.34. The normalized spacial score (nSPS) is 22.3. The SMILES string of the molecule is CCc1ccc(S(=O)NC2CCCNC2)cc1. The first kappa shape index (κ1) is 12.7. The minimum atomic E-state index is -1.08. The van der Waals surface area contributed by atoms with Crippen molar-refractivity contribution < 1.29 is 4.21 Å². The van der Waals surface area contributed by atoms with Crippen molar-refractivity contribution in [1.82, 2.24) is 10.0 Å². The van der Waals surface area contributed by atoms with E-state index in [0.717, 1.165) is 37.2 Å². The maximum absolute atomic E-state index is 12.1. The predicted octanol–water partition coefficient (Wildman–Crippen LogP) is 1.61. The van der Waals surface area contributed by atoms with Crippen LogP contribution in [0.4, 0.5) is 0 Å². The molecular formula is C13H20N2OS. The molecule has 17 heavy (non-hydrogen) atoms. The van der Waals surface area contributed by atoms with Crippen LogP contribution in [0.3, 0.4) is 0 Å². The topological polar surface area (TPSA) is 41.1 Å². The first-order chi connectivity index (χ1) is 8.29. The highest BCUT2D eigenvalue weighted by atomic mass is 32.2. The molecule has 1 aromatic rings. The maximum Gasteiger partial charge on any atom is 0.125 e. The Hall–Kier alpha value is -0.710. The molecule has 3 nitrogen and oxygen atoms in total. The van der Waals surface area contributed by atoms with Crippen molar-refractivity contribution in [2.45, 2.75) is 37.1 Å². The van der Waals surface area contributed by atoms with Gasteiger partial charge in [0.1, 0.15) is 11.0 Å². The van der Waals surface area contributed by atoms with E-state index in [1.807, 2.05) is 24.3 Å². The number of hydrogen-bond acceptors (Lipinski definition) is 2. The lowest BCUT2D eigenvalue weighted by Crippen LogP contribution is -2.43. The summed E-state index contributed by atoms with van der Waals surface area (Å²) in [5, 5.41) is 3.31. The van der Waals surface area contributed by atoms with Crippen molar-refractivity contribution in [3.05, 3.63) is 29.8 Å². The molecular weight excluding hydrogens is 232 g/mol. The molecule has 2 unspecified atom stereocenters. The van der Waals surface area contributed by atoms with Crippen molar-refractivity contribution in [2.75, 3.05) is 13.1 Å². The minimum Gasteiger partial charge on any atom is -0.315 e. The second kappa shape index (κ2) is 6.28. The van der Waals surface area contributed by atoms with E-state index in [9.17, 15) is 4.21 Å². The molecule has 0 radical (unpaired) electrons. The quantitative estimate of drug-likeness (QED) is 0.855. The van der Waals surface area contributed by atoms with Crippen LogP contribution >= 0.6 is 0 Å². The Morgan fingerprint density at radius 2 is 2.18 bits per heavy atom. The fourth-order valence-electron chi connectivity index (χ4n) is 2.02. The average Bonchev–Trinajstić information content (AvgIpc) is 2.40. The van der Waals surface area contributed by atoms with Crippen LogP contribution in [0.5, 0.6) is 0 Å². The molecule has 1 aliphatic rings. The van der Waals surface area contributed by atoms with Crippen LogP contribution in [-0.4, -0.2) is 23.3 Å². The molecule has 2 N–H and O–H groups in total. The number of piperidine rings is 1. The van der Waals surface area contributed by atoms with Gasteiger partial charge >= 0.3 is 0 Å². The molecule has 1 aliphatic heterocycles. The van der Waals surface area contributed by atoms with Crippen LogP contribution in [-0.2, 0) is 17.4 Å². The van der Waals surface area contributed by atoms with Gasteiger partial charge in [-0.25, -0.2) is 8.93 Å². The van der Waals surface area contributed by atoms with Crippen molar-refractivity contribution >= 4 is 11.0 Å². The molecule has 0 aromatic heterocycles. The van der Waals surface area contributed by atoms with Gasteiger partial charge in [0.25, 0.3) is 0 Å². The molecule has 94 valence electrons. The monoisotopic (exact) mass is 252 g/mol. The van der Waals surface area contributed by atoms with Gasteiger partial charge in [0.15, 0.2) is 0 Å². The van der Waals surface area contributed by atoms with E-state index in [1.54, 1.807) is 0 Å². The highest BCUT2D eigenvalue weighted by molar-refractivity contribution is 7.83. The lowest BCUT2D eigenvalue weighted by Gasteiger charge is -2.23. The Labute approximate surface area is 106 Å². The Morgan fingerprint density at radius 1 is 1.41 bits per heavy atom. The predicted molar refractivity (Wildman–Crippen MR) is 71.3 cm³/mol. The number of hydrogen-bond donors (Lipinski definition) is 2. The van der Waals surface area contributed by atoms with Gasteiger partial charge in [-0.2, -0.15) is 0 Å². The second-order valence-electron chi connectivity index (χ2n) is 4.43. The van der Waals surface area contributed by atoms with Crippen molar-refractivity contribution in [2.24, 2.45) is 0 Å². The van der Waals surface area contributed by atoms with E-state index in [1.165, 1.54) is 5.56 Å². The molecule has 1 heterocycles. The van der Waals surface area contributed by atoms with E-state index in [4.69, 9.17) is 0 Å². The van der Waals surface area contributed by atoms with Crippen molar-refractivity contribution in [3.8, 4) is 0 Å². The van der Waals surface area contributed by atoms with E-state index >= 15 is 0 Å². The van der Waals surface area contributed by atoms with Crippen LogP contribution < -0.4 is 10.0 Å². The number of benzene rings is 1. The fraction of sp³-hybridized carbons (Fsp3) is 0.538. The van der Waals surface area contributed by atoms with Crippen molar-refractivity contribution in [3.63, 3.8) is 0 Å². The molecule has 2 atom stereocenters. The van der Waals surface area contributed by atoms with Gasteiger partial charge in [-0.15, -0.1) is 0 Å². The van der Waals surface area contributed by atoms with E-state index in [-0.39, 0.29) is 0 Å². The smallest absolute Gasteiger partial charge is 0.125 e. The molecule has 0 bridgehead atoms. The summed E-state index contributed by atoms with van der Waals surface area (Å²) >= 11 is 0. The third-order valence-corrected chi connectivity index (χ3v) is 4.36. The summed E-state index contributed by atoms with van der Waals surface area (Å²) in [6.45, 7) is 4.12. The average molecular weight is 252 g/mol. The zero-order chi connectivity index (χ0) is 12.1. The largest absolute Gasteiger partial charge is 0.315 e. The number of rotatable bonds is 4. The Morgan fingerprint density at radius 3 is 2.76 bits per heavy atom. The van der Waals surface area contributed by atoms with E-state index in [2.05, 4.69) is 17.0 Å². The fourth-order valence-corrected chi connectivity index (χ4v) is 3.04. The van der Waals surface area contributed by atoms with Crippen LogP contribution in [0.15, 0.2) is 29.2 Å². The molecule has 2 rings (SSSR count). The zero-order valence-electron chi connectivity index (χ0n) is 10.2. The van der Waals surface area contributed by atoms with Gasteiger partial charge in [0.2, 0.25) is 0 Å². The third-order valence-electron chi connectivity index (χ3n) is 3.12. The van der Waals surface area contributed by atoms with Crippen LogP contribution in [0.25, 0.3) is 0 Å². The van der Waals surface area contributed by atoms with Crippen LogP contribution in [0, 0.1) is 0 Å². The summed E-state index contributed by atoms with van der Waals surface area (Å²) in [7, 11) is -1.08.